The van der Waals surface area contributed by atoms with Crippen molar-refractivity contribution in [3.63, 3.8) is 0 Å². The minimum Gasteiger partial charge on any atom is -0.491 e. The number of benzene rings is 1. The van der Waals surface area contributed by atoms with E-state index in [1.54, 1.807) is 0 Å². The third-order valence-electron chi connectivity index (χ3n) is 3.36. The largest absolute Gasteiger partial charge is 0.491 e. The van der Waals surface area contributed by atoms with Crippen molar-refractivity contribution in [2.24, 2.45) is 0 Å². The number of hydrogen-bond donors (Lipinski definition) is 1. The van der Waals surface area contributed by atoms with Gasteiger partial charge in [0.1, 0.15) is 12.4 Å². The Morgan fingerprint density at radius 2 is 1.95 bits per heavy atom. The molecule has 0 atom stereocenters. The fraction of sp³-hybridized carbons (Fsp3) is 0.562. The van der Waals surface area contributed by atoms with Crippen LogP contribution in [0, 0.1) is 0 Å². The van der Waals surface area contributed by atoms with Gasteiger partial charge in [0.25, 0.3) is 0 Å². The first-order chi connectivity index (χ1) is 10.8. The van der Waals surface area contributed by atoms with Crippen molar-refractivity contribution in [3.05, 3.63) is 24.3 Å². The lowest BCUT2D eigenvalue weighted by molar-refractivity contribution is -0.133. The van der Waals surface area contributed by atoms with Gasteiger partial charge < -0.3 is 24.4 Å². The highest BCUT2D eigenvalue weighted by Crippen LogP contribution is 2.15. The molecule has 0 radical (unpaired) electrons. The molecular weight excluding hydrogens is 284 g/mol. The molecule has 1 heterocycles. The summed E-state index contributed by atoms with van der Waals surface area (Å²) in [5.41, 5.74) is 0.902. The minimum absolute atomic E-state index is 0.0975. The standard InChI is InChI=1S/C16H24N2O4/c1-2-20-11-12-22-15-5-3-14(4-6-15)17-13-16(19)18-7-9-21-10-8-18/h3-6,17H,2,7-13H2,1H3. The Morgan fingerprint density at radius 3 is 2.64 bits per heavy atom. The van der Waals surface area contributed by atoms with Crippen molar-refractivity contribution in [1.82, 2.24) is 4.90 Å². The van der Waals surface area contributed by atoms with Crippen molar-refractivity contribution >= 4 is 11.6 Å². The number of carbonyl (C=O) groups excluding carboxylic acids is 1. The highest BCUT2D eigenvalue weighted by Gasteiger charge is 2.16. The van der Waals surface area contributed by atoms with Gasteiger partial charge in [-0.05, 0) is 31.2 Å². The van der Waals surface area contributed by atoms with Crippen LogP contribution in [0.1, 0.15) is 6.92 Å². The van der Waals surface area contributed by atoms with Gasteiger partial charge in [-0.2, -0.15) is 0 Å². The Bertz CT molecular complexity index is 444. The molecule has 1 aliphatic rings. The first-order valence-corrected chi connectivity index (χ1v) is 7.69. The van der Waals surface area contributed by atoms with E-state index < -0.39 is 0 Å². The summed E-state index contributed by atoms with van der Waals surface area (Å²) in [7, 11) is 0. The highest BCUT2D eigenvalue weighted by molar-refractivity contribution is 5.81. The summed E-state index contributed by atoms with van der Waals surface area (Å²) in [5.74, 6) is 0.894. The summed E-state index contributed by atoms with van der Waals surface area (Å²) in [6.07, 6.45) is 0. The molecule has 122 valence electrons. The molecule has 1 aromatic rings. The number of ether oxygens (including phenoxy) is 3. The van der Waals surface area contributed by atoms with Crippen LogP contribution in [0.25, 0.3) is 0 Å². The smallest absolute Gasteiger partial charge is 0.242 e. The molecule has 0 aromatic heterocycles. The van der Waals surface area contributed by atoms with Gasteiger partial charge >= 0.3 is 0 Å². The van der Waals surface area contributed by atoms with Gasteiger partial charge in [0.15, 0.2) is 0 Å². The van der Waals surface area contributed by atoms with E-state index in [1.165, 1.54) is 0 Å². The van der Waals surface area contributed by atoms with Crippen molar-refractivity contribution in [3.8, 4) is 5.75 Å². The zero-order chi connectivity index (χ0) is 15.6. The van der Waals surface area contributed by atoms with Gasteiger partial charge in [-0.3, -0.25) is 4.79 Å². The molecule has 0 saturated carbocycles. The molecule has 0 spiro atoms. The third-order valence-corrected chi connectivity index (χ3v) is 3.36. The lowest BCUT2D eigenvalue weighted by Gasteiger charge is -2.27. The molecule has 1 fully saturated rings. The Labute approximate surface area is 131 Å². The molecule has 1 amide bonds. The number of nitrogens with one attached hydrogen (secondary N) is 1. The van der Waals surface area contributed by atoms with Crippen LogP contribution in [0.3, 0.4) is 0 Å². The Morgan fingerprint density at radius 1 is 1.23 bits per heavy atom. The number of hydrogen-bond acceptors (Lipinski definition) is 5. The number of anilines is 1. The van der Waals surface area contributed by atoms with Crippen LogP contribution in [-0.4, -0.2) is 63.5 Å². The van der Waals surface area contributed by atoms with Gasteiger partial charge in [0, 0.05) is 25.4 Å². The van der Waals surface area contributed by atoms with Gasteiger partial charge in [0.05, 0.1) is 26.4 Å². The second-order valence-electron chi connectivity index (χ2n) is 4.92. The fourth-order valence-corrected chi connectivity index (χ4v) is 2.13. The van der Waals surface area contributed by atoms with E-state index in [0.717, 1.165) is 11.4 Å². The molecule has 22 heavy (non-hydrogen) atoms. The van der Waals surface area contributed by atoms with Crippen LogP contribution in [0.2, 0.25) is 0 Å². The SMILES string of the molecule is CCOCCOc1ccc(NCC(=O)N2CCOCC2)cc1. The number of rotatable bonds is 8. The zero-order valence-corrected chi connectivity index (χ0v) is 13.0. The van der Waals surface area contributed by atoms with Crippen LogP contribution in [0.15, 0.2) is 24.3 Å². The predicted octanol–water partition coefficient (Wildman–Crippen LogP) is 1.37. The predicted molar refractivity (Wildman–Crippen MR) is 84.3 cm³/mol. The fourth-order valence-electron chi connectivity index (χ4n) is 2.13. The van der Waals surface area contributed by atoms with Crippen molar-refractivity contribution in [2.75, 3.05) is 58.0 Å². The average Bonchev–Trinajstić information content (AvgIpc) is 2.58. The lowest BCUT2D eigenvalue weighted by atomic mass is 10.3. The molecule has 6 heteroatoms. The quantitative estimate of drug-likeness (QED) is 0.735. The normalized spacial score (nSPS) is 14.7. The summed E-state index contributed by atoms with van der Waals surface area (Å²) < 4.78 is 16.0. The van der Waals surface area contributed by atoms with Crippen LogP contribution in [-0.2, 0) is 14.3 Å². The first kappa shape index (κ1) is 16.6. The van der Waals surface area contributed by atoms with Crippen molar-refractivity contribution in [1.29, 1.82) is 0 Å². The summed E-state index contributed by atoms with van der Waals surface area (Å²) >= 11 is 0. The molecule has 1 aliphatic heterocycles. The number of carbonyl (C=O) groups is 1. The van der Waals surface area contributed by atoms with Gasteiger partial charge in [-0.15, -0.1) is 0 Å². The van der Waals surface area contributed by atoms with Crippen LogP contribution in [0.5, 0.6) is 5.75 Å². The second kappa shape index (κ2) is 9.27. The van der Waals surface area contributed by atoms with Crippen LogP contribution >= 0.6 is 0 Å². The molecule has 2 rings (SSSR count). The molecule has 0 bridgehead atoms. The van der Waals surface area contributed by atoms with E-state index in [-0.39, 0.29) is 5.91 Å². The minimum atomic E-state index is 0.0975. The molecular formula is C16H24N2O4. The van der Waals surface area contributed by atoms with E-state index in [1.807, 2.05) is 36.1 Å². The Hall–Kier alpha value is -1.79. The van der Waals surface area contributed by atoms with Crippen molar-refractivity contribution < 1.29 is 19.0 Å². The number of amides is 1. The number of nitrogens with zero attached hydrogens (tertiary/aromatic N) is 1. The van der Waals surface area contributed by atoms with Gasteiger partial charge in [-0.25, -0.2) is 0 Å². The molecule has 0 unspecified atom stereocenters. The van der Waals surface area contributed by atoms with Gasteiger partial charge in [0.2, 0.25) is 5.91 Å². The Balaban J connectivity index is 1.70. The summed E-state index contributed by atoms with van der Waals surface area (Å²) in [6, 6.07) is 7.58. The van der Waals surface area contributed by atoms with E-state index >= 15 is 0 Å². The zero-order valence-electron chi connectivity index (χ0n) is 13.0. The van der Waals surface area contributed by atoms with E-state index in [2.05, 4.69) is 5.32 Å². The third kappa shape index (κ3) is 5.54. The van der Waals surface area contributed by atoms with Crippen molar-refractivity contribution in [2.45, 2.75) is 6.92 Å². The van der Waals surface area contributed by atoms with E-state index in [9.17, 15) is 4.79 Å². The molecule has 1 aromatic carbocycles. The highest BCUT2D eigenvalue weighted by atomic mass is 16.5. The Kier molecular flexibility index (Phi) is 6.99. The average molecular weight is 308 g/mol. The van der Waals surface area contributed by atoms with Gasteiger partial charge in [-0.1, -0.05) is 0 Å². The van der Waals surface area contributed by atoms with E-state index in [0.29, 0.717) is 52.7 Å². The maximum atomic E-state index is 12.0. The second-order valence-corrected chi connectivity index (χ2v) is 4.92. The maximum Gasteiger partial charge on any atom is 0.242 e. The molecule has 6 nitrogen and oxygen atoms in total. The van der Waals surface area contributed by atoms with Crippen LogP contribution < -0.4 is 10.1 Å². The topological polar surface area (TPSA) is 60.0 Å². The lowest BCUT2D eigenvalue weighted by Crippen LogP contribution is -2.43. The molecule has 1 N–H and O–H groups in total. The number of morpholine rings is 1. The monoisotopic (exact) mass is 308 g/mol. The summed E-state index contributed by atoms with van der Waals surface area (Å²) in [5, 5.41) is 3.13. The summed E-state index contributed by atoms with van der Waals surface area (Å²) in [4.78, 5) is 13.8. The maximum absolute atomic E-state index is 12.0. The first-order valence-electron chi connectivity index (χ1n) is 7.69. The van der Waals surface area contributed by atoms with Crippen LogP contribution in [0.4, 0.5) is 5.69 Å². The molecule has 1 saturated heterocycles. The summed E-state index contributed by atoms with van der Waals surface area (Å²) in [6.45, 7) is 6.67. The molecule has 0 aliphatic carbocycles. The van der Waals surface area contributed by atoms with E-state index in [4.69, 9.17) is 14.2 Å².